The zero-order chi connectivity index (χ0) is 24.2. The summed E-state index contributed by atoms with van der Waals surface area (Å²) in [6.07, 6.45) is 2.03. The lowest BCUT2D eigenvalue weighted by Crippen LogP contribution is -2.43. The molecule has 0 bridgehead atoms. The van der Waals surface area contributed by atoms with Crippen LogP contribution in [0, 0.1) is 19.8 Å². The Morgan fingerprint density at radius 1 is 1.12 bits per heavy atom. The monoisotopic (exact) mass is 481 g/mol. The number of hydrazone groups is 1. The summed E-state index contributed by atoms with van der Waals surface area (Å²) in [4.78, 5) is 27.6. The number of piperidine rings is 1. The summed E-state index contributed by atoms with van der Waals surface area (Å²) in [5.41, 5.74) is 5.21. The third-order valence-corrected chi connectivity index (χ3v) is 7.03. The van der Waals surface area contributed by atoms with Gasteiger partial charge in [-0.1, -0.05) is 53.6 Å². The molecule has 4 rings (SSSR count). The first-order valence-corrected chi connectivity index (χ1v) is 12.4. The van der Waals surface area contributed by atoms with Gasteiger partial charge >= 0.3 is 5.97 Å². The van der Waals surface area contributed by atoms with Crippen LogP contribution in [0.1, 0.15) is 54.5 Å². The number of hydrogen-bond donors (Lipinski definition) is 0. The highest BCUT2D eigenvalue weighted by Crippen LogP contribution is 2.37. The molecule has 1 atom stereocenters. The standard InChI is InChI=1S/C27H32ClN3O3/c1-4-34-27(33)20-11-13-30(14-12-20)17-26(32)31-25(22-7-5-6-8-23(22)28)16-24(29-31)21-10-9-18(2)15-19(21)3/h5-10,15,20,25H,4,11-14,16-17H2,1-3H3/t25-/m1/s1. The Morgan fingerprint density at radius 2 is 1.85 bits per heavy atom. The summed E-state index contributed by atoms with van der Waals surface area (Å²) >= 11 is 6.54. The van der Waals surface area contributed by atoms with E-state index in [0.717, 1.165) is 22.4 Å². The van der Waals surface area contributed by atoms with Crippen molar-refractivity contribution in [3.8, 4) is 0 Å². The maximum absolute atomic E-state index is 13.5. The second-order valence-electron chi connectivity index (χ2n) is 9.15. The van der Waals surface area contributed by atoms with Crippen LogP contribution in [-0.2, 0) is 14.3 Å². The number of carbonyl (C=O) groups is 2. The number of esters is 1. The third kappa shape index (κ3) is 5.34. The van der Waals surface area contributed by atoms with Gasteiger partial charge in [0, 0.05) is 17.0 Å². The molecule has 7 heteroatoms. The molecule has 2 heterocycles. The van der Waals surface area contributed by atoms with Gasteiger partial charge < -0.3 is 4.74 Å². The molecule has 0 radical (unpaired) electrons. The van der Waals surface area contributed by atoms with Gasteiger partial charge in [0.05, 0.1) is 30.8 Å². The van der Waals surface area contributed by atoms with E-state index in [0.29, 0.717) is 44.0 Å². The summed E-state index contributed by atoms with van der Waals surface area (Å²) in [5.74, 6) is -0.267. The minimum Gasteiger partial charge on any atom is -0.466 e. The third-order valence-electron chi connectivity index (χ3n) is 6.69. The Bertz CT molecular complexity index is 1090. The lowest BCUT2D eigenvalue weighted by atomic mass is 9.95. The van der Waals surface area contributed by atoms with Gasteiger partial charge in [-0.15, -0.1) is 0 Å². The SMILES string of the molecule is CCOC(=O)C1CCN(CC(=O)N2N=C(c3ccc(C)cc3C)C[C@@H]2c2ccccc2Cl)CC1. The largest absolute Gasteiger partial charge is 0.466 e. The first kappa shape index (κ1) is 24.4. The molecule has 0 spiro atoms. The van der Waals surface area contributed by atoms with Crippen LogP contribution in [0.3, 0.4) is 0 Å². The van der Waals surface area contributed by atoms with E-state index in [9.17, 15) is 9.59 Å². The van der Waals surface area contributed by atoms with E-state index in [1.807, 2.05) is 31.2 Å². The van der Waals surface area contributed by atoms with Gasteiger partial charge in [0.2, 0.25) is 0 Å². The highest BCUT2D eigenvalue weighted by molar-refractivity contribution is 6.31. The van der Waals surface area contributed by atoms with Crippen LogP contribution in [-0.4, -0.2) is 53.7 Å². The van der Waals surface area contributed by atoms with Crippen molar-refractivity contribution < 1.29 is 14.3 Å². The zero-order valence-electron chi connectivity index (χ0n) is 20.1. The maximum Gasteiger partial charge on any atom is 0.309 e. The number of rotatable bonds is 6. The number of ether oxygens (including phenoxy) is 1. The lowest BCUT2D eigenvalue weighted by Gasteiger charge is -2.32. The molecule has 0 N–H and O–H groups in total. The number of amides is 1. The highest BCUT2D eigenvalue weighted by Gasteiger charge is 2.36. The molecule has 2 aromatic rings. The van der Waals surface area contributed by atoms with Crippen molar-refractivity contribution in [2.45, 2.75) is 46.1 Å². The molecular weight excluding hydrogens is 450 g/mol. The lowest BCUT2D eigenvalue weighted by molar-refractivity contribution is -0.149. The van der Waals surface area contributed by atoms with Crippen LogP contribution in [0.5, 0.6) is 0 Å². The summed E-state index contributed by atoms with van der Waals surface area (Å²) in [6.45, 7) is 8.01. The number of aryl methyl sites for hydroxylation is 2. The van der Waals surface area contributed by atoms with E-state index >= 15 is 0 Å². The van der Waals surface area contributed by atoms with Crippen molar-refractivity contribution in [1.29, 1.82) is 0 Å². The second-order valence-corrected chi connectivity index (χ2v) is 9.55. The first-order chi connectivity index (χ1) is 16.4. The van der Waals surface area contributed by atoms with Crippen LogP contribution in [0.25, 0.3) is 0 Å². The average molecular weight is 482 g/mol. The molecule has 1 saturated heterocycles. The predicted molar refractivity (Wildman–Crippen MR) is 134 cm³/mol. The van der Waals surface area contributed by atoms with Crippen molar-refractivity contribution in [1.82, 2.24) is 9.91 Å². The molecule has 2 aliphatic rings. The van der Waals surface area contributed by atoms with Crippen molar-refractivity contribution >= 4 is 29.2 Å². The molecular formula is C27H32ClN3O3. The van der Waals surface area contributed by atoms with Crippen LogP contribution >= 0.6 is 11.6 Å². The van der Waals surface area contributed by atoms with Gasteiger partial charge in [0.25, 0.3) is 5.91 Å². The van der Waals surface area contributed by atoms with Gasteiger partial charge in [-0.2, -0.15) is 5.10 Å². The van der Waals surface area contributed by atoms with Gasteiger partial charge in [0.15, 0.2) is 0 Å². The highest BCUT2D eigenvalue weighted by atomic mass is 35.5. The molecule has 180 valence electrons. The van der Waals surface area contributed by atoms with E-state index < -0.39 is 0 Å². The minimum absolute atomic E-state index is 0.0562. The fraction of sp³-hybridized carbons (Fsp3) is 0.444. The molecule has 1 fully saturated rings. The number of nitrogens with zero attached hydrogens (tertiary/aromatic N) is 3. The van der Waals surface area contributed by atoms with E-state index in [4.69, 9.17) is 21.4 Å². The van der Waals surface area contributed by atoms with Crippen LogP contribution in [0.2, 0.25) is 5.02 Å². The number of halogens is 1. The number of likely N-dealkylation sites (tertiary alicyclic amines) is 1. The summed E-state index contributed by atoms with van der Waals surface area (Å²) in [7, 11) is 0. The van der Waals surface area contributed by atoms with Crippen molar-refractivity contribution in [3.05, 3.63) is 69.7 Å². The Labute approximate surface area is 206 Å². The van der Waals surface area contributed by atoms with Gasteiger partial charge in [-0.05, 0) is 63.9 Å². The average Bonchev–Trinajstić information content (AvgIpc) is 3.25. The molecule has 2 aliphatic heterocycles. The van der Waals surface area contributed by atoms with Crippen LogP contribution in [0.4, 0.5) is 0 Å². The van der Waals surface area contributed by atoms with E-state index in [1.54, 1.807) is 5.01 Å². The predicted octanol–water partition coefficient (Wildman–Crippen LogP) is 4.91. The fourth-order valence-electron chi connectivity index (χ4n) is 4.88. The topological polar surface area (TPSA) is 62.2 Å². The van der Waals surface area contributed by atoms with Gasteiger partial charge in [0.1, 0.15) is 0 Å². The van der Waals surface area contributed by atoms with Gasteiger partial charge in [-0.3, -0.25) is 14.5 Å². The van der Waals surface area contributed by atoms with E-state index in [1.165, 1.54) is 5.56 Å². The minimum atomic E-state index is -0.242. The summed E-state index contributed by atoms with van der Waals surface area (Å²) in [6, 6.07) is 13.7. The molecule has 0 unspecified atom stereocenters. The molecule has 0 aromatic heterocycles. The smallest absolute Gasteiger partial charge is 0.309 e. The fourth-order valence-corrected chi connectivity index (χ4v) is 5.14. The maximum atomic E-state index is 13.5. The Morgan fingerprint density at radius 3 is 2.53 bits per heavy atom. The molecule has 1 amide bonds. The zero-order valence-corrected chi connectivity index (χ0v) is 20.8. The Kier molecular flexibility index (Phi) is 7.69. The molecule has 34 heavy (non-hydrogen) atoms. The molecule has 0 aliphatic carbocycles. The molecule has 6 nitrogen and oxygen atoms in total. The number of carbonyl (C=O) groups excluding carboxylic acids is 2. The molecule has 0 saturated carbocycles. The van der Waals surface area contributed by atoms with E-state index in [2.05, 4.69) is 36.9 Å². The first-order valence-electron chi connectivity index (χ1n) is 12.0. The van der Waals surface area contributed by atoms with E-state index in [-0.39, 0.29) is 30.4 Å². The quantitative estimate of drug-likeness (QED) is 0.550. The number of hydrogen-bond acceptors (Lipinski definition) is 5. The normalized spacial score (nSPS) is 19.2. The van der Waals surface area contributed by atoms with Crippen molar-refractivity contribution in [3.63, 3.8) is 0 Å². The summed E-state index contributed by atoms with van der Waals surface area (Å²) < 4.78 is 5.16. The number of benzene rings is 2. The van der Waals surface area contributed by atoms with Crippen molar-refractivity contribution in [2.24, 2.45) is 11.0 Å². The van der Waals surface area contributed by atoms with Crippen LogP contribution < -0.4 is 0 Å². The molecule has 2 aromatic carbocycles. The summed E-state index contributed by atoms with van der Waals surface area (Å²) in [5, 5.41) is 7.08. The second kappa shape index (κ2) is 10.7. The Balaban J connectivity index is 1.53. The van der Waals surface area contributed by atoms with Gasteiger partial charge in [-0.25, -0.2) is 5.01 Å². The van der Waals surface area contributed by atoms with Crippen LogP contribution in [0.15, 0.2) is 47.6 Å². The van der Waals surface area contributed by atoms with Crippen molar-refractivity contribution in [2.75, 3.05) is 26.2 Å². The Hall–Kier alpha value is -2.70.